The maximum atomic E-state index is 12.3. The van der Waals surface area contributed by atoms with Crippen LogP contribution in [0.5, 0.6) is 0 Å². The summed E-state index contributed by atoms with van der Waals surface area (Å²) in [5.41, 5.74) is 0. The second kappa shape index (κ2) is 56.0. The fourth-order valence-electron chi connectivity index (χ4n) is 8.41. The van der Waals surface area contributed by atoms with Gasteiger partial charge in [0, 0.05) is 82.5 Å². The van der Waals surface area contributed by atoms with Crippen LogP contribution in [0, 0.1) is 17.8 Å². The van der Waals surface area contributed by atoms with Crippen molar-refractivity contribution in [1.29, 1.82) is 0 Å². The minimum absolute atomic E-state index is 0.0546. The predicted molar refractivity (Wildman–Crippen MR) is 316 cm³/mol. The Balaban J connectivity index is 0. The number of amides is 4. The molecule has 0 saturated carbocycles. The summed E-state index contributed by atoms with van der Waals surface area (Å²) in [5, 5.41) is 20.4. The number of ketones is 5. The third-order valence-corrected chi connectivity index (χ3v) is 14.2. The lowest BCUT2D eigenvalue weighted by Gasteiger charge is -2.14. The molecule has 0 saturated heterocycles. The number of Topliss-reactive ketones (excluding diaryl/α,β-unsaturated/α-hetero) is 5. The molecule has 0 aromatic carbocycles. The molecule has 0 aliphatic heterocycles. The number of aliphatic carboxylic acids is 1. The molecule has 0 aliphatic rings. The molecule has 0 heterocycles. The Kier molecular flexibility index (Phi) is 54.4. The molecule has 0 aromatic rings. The van der Waals surface area contributed by atoms with Gasteiger partial charge in [0.1, 0.15) is 48.2 Å². The Morgan fingerprint density at radius 1 is 0.383 bits per heavy atom. The van der Waals surface area contributed by atoms with Crippen LogP contribution in [0.4, 0.5) is 0 Å². The van der Waals surface area contributed by atoms with E-state index in [1.807, 2.05) is 20.8 Å². The molecule has 4 atom stereocenters. The van der Waals surface area contributed by atoms with Crippen molar-refractivity contribution in [2.24, 2.45) is 17.8 Å². The molecule has 5 N–H and O–H groups in total. The topological polar surface area (TPSA) is 276 Å². The molecule has 0 rings (SSSR count). The van der Waals surface area contributed by atoms with Gasteiger partial charge in [-0.15, -0.1) is 0 Å². The first kappa shape index (κ1) is 78.6. The number of carbonyl (C=O) groups is 10. The highest BCUT2D eigenvalue weighted by molar-refractivity contribution is 5.85. The highest BCUT2D eigenvalue weighted by Crippen LogP contribution is 2.16. The molecule has 19 nitrogen and oxygen atoms in total. The van der Waals surface area contributed by atoms with Crippen LogP contribution in [0.15, 0.2) is 0 Å². The monoisotopic (exact) mass is 1150 g/mol. The first-order valence-electron chi connectivity index (χ1n) is 31.0. The van der Waals surface area contributed by atoms with Gasteiger partial charge in [-0.25, -0.2) is 4.79 Å². The van der Waals surface area contributed by atoms with Crippen LogP contribution in [-0.4, -0.2) is 142 Å². The van der Waals surface area contributed by atoms with E-state index in [1.165, 1.54) is 90.9 Å². The molecule has 19 heteroatoms. The number of unbranched alkanes of at least 4 members (excludes halogenated alkanes) is 15. The smallest absolute Gasteiger partial charge is 0.326 e. The quantitative estimate of drug-likeness (QED) is 0.0355. The van der Waals surface area contributed by atoms with E-state index in [0.29, 0.717) is 77.6 Å². The first-order valence-corrected chi connectivity index (χ1v) is 31.0. The number of carbonyl (C=O) groups excluding carboxylic acids is 9. The Morgan fingerprint density at radius 3 is 1.33 bits per heavy atom. The Bertz CT molecular complexity index is 1670. The normalized spacial score (nSPS) is 12.5. The van der Waals surface area contributed by atoms with Gasteiger partial charge in [-0.2, -0.15) is 0 Å². The van der Waals surface area contributed by atoms with Crippen molar-refractivity contribution < 1.29 is 72.0 Å². The fraction of sp³-hybridized carbons (Fsp3) is 0.839. The lowest BCUT2D eigenvalue weighted by atomic mass is 9.95. The molecule has 470 valence electrons. The highest BCUT2D eigenvalue weighted by atomic mass is 16.5. The molecule has 81 heavy (non-hydrogen) atoms. The van der Waals surface area contributed by atoms with Crippen LogP contribution in [0.3, 0.4) is 0 Å². The zero-order chi connectivity index (χ0) is 60.7. The van der Waals surface area contributed by atoms with Gasteiger partial charge in [-0.1, -0.05) is 124 Å². The van der Waals surface area contributed by atoms with E-state index in [2.05, 4.69) is 28.2 Å². The highest BCUT2D eigenvalue weighted by Gasteiger charge is 2.21. The van der Waals surface area contributed by atoms with Crippen molar-refractivity contribution >= 4 is 58.5 Å². The summed E-state index contributed by atoms with van der Waals surface area (Å²) < 4.78 is 21.5. The molecular formula is C62H112N4O15. The molecule has 0 aliphatic carbocycles. The van der Waals surface area contributed by atoms with Crippen molar-refractivity contribution in [2.45, 2.75) is 247 Å². The number of hydrogen-bond acceptors (Lipinski definition) is 14. The van der Waals surface area contributed by atoms with Crippen LogP contribution in [0.25, 0.3) is 0 Å². The summed E-state index contributed by atoms with van der Waals surface area (Å²) in [6.45, 7) is 15.4. The van der Waals surface area contributed by atoms with E-state index in [0.717, 1.165) is 44.9 Å². The van der Waals surface area contributed by atoms with Crippen LogP contribution in [0.2, 0.25) is 0 Å². The number of nitrogens with one attached hydrogen (secondary N) is 4. The summed E-state index contributed by atoms with van der Waals surface area (Å²) >= 11 is 0. The van der Waals surface area contributed by atoms with Crippen molar-refractivity contribution in [3.63, 3.8) is 0 Å². The van der Waals surface area contributed by atoms with E-state index >= 15 is 0 Å². The lowest BCUT2D eigenvalue weighted by Crippen LogP contribution is -2.41. The number of rotatable bonds is 57. The third-order valence-electron chi connectivity index (χ3n) is 14.2. The van der Waals surface area contributed by atoms with Gasteiger partial charge in [0.15, 0.2) is 0 Å². The summed E-state index contributed by atoms with van der Waals surface area (Å²) in [7, 11) is 0. The van der Waals surface area contributed by atoms with Crippen LogP contribution < -0.4 is 21.3 Å². The predicted octanol–water partition coefficient (Wildman–Crippen LogP) is 9.49. The van der Waals surface area contributed by atoms with Gasteiger partial charge >= 0.3 is 5.97 Å². The van der Waals surface area contributed by atoms with E-state index in [-0.39, 0.29) is 136 Å². The minimum atomic E-state index is -1.13. The summed E-state index contributed by atoms with van der Waals surface area (Å²) in [6.07, 6.45) is 26.1. The minimum Gasteiger partial charge on any atom is -0.480 e. The summed E-state index contributed by atoms with van der Waals surface area (Å²) in [6, 6.07) is -1.08. The Hall–Kier alpha value is -4.46. The van der Waals surface area contributed by atoms with Crippen LogP contribution >= 0.6 is 0 Å². The number of carboxylic acid groups (broad SMARTS) is 1. The van der Waals surface area contributed by atoms with Gasteiger partial charge in [0.2, 0.25) is 23.6 Å². The molecule has 4 unspecified atom stereocenters. The fourth-order valence-corrected chi connectivity index (χ4v) is 8.41. The molecule has 4 amide bonds. The molecule has 0 fully saturated rings. The second-order valence-corrected chi connectivity index (χ2v) is 21.7. The van der Waals surface area contributed by atoms with Crippen molar-refractivity contribution in [3.8, 4) is 0 Å². The molecular weight excluding hydrogens is 1040 g/mol. The van der Waals surface area contributed by atoms with Crippen LogP contribution in [-0.2, 0) is 66.9 Å². The second-order valence-electron chi connectivity index (χ2n) is 21.7. The van der Waals surface area contributed by atoms with E-state index < -0.39 is 12.0 Å². The molecule has 0 aromatic heterocycles. The van der Waals surface area contributed by atoms with Gasteiger partial charge in [-0.05, 0) is 78.6 Å². The van der Waals surface area contributed by atoms with Crippen molar-refractivity contribution in [2.75, 3.05) is 72.5 Å². The number of carboxylic acids is 1. The Morgan fingerprint density at radius 2 is 0.827 bits per heavy atom. The summed E-state index contributed by atoms with van der Waals surface area (Å²) in [4.78, 5) is 117. The lowest BCUT2D eigenvalue weighted by molar-refractivity contribution is -0.142. The average molecular weight is 1150 g/mol. The summed E-state index contributed by atoms with van der Waals surface area (Å²) in [5.74, 6) is -1.56. The number of hydrogen-bond donors (Lipinski definition) is 5. The standard InChI is InChI=1S/C45H83N3O11.C17H29NO4/c1-4-6-7-8-9-10-11-12-13-14-15-16-17-18-19-25-42(51)48-41(45(54)55)27-26-40(50)24-22-30-56-32-34-58-37-44(53)47-29-31-57-33-35-59-36-43(52)46-28-21-20-23-39(5-2)38(3)49;1-12(14(3)19)7-9-16(21)6-5-11-18-17(22)10-8-13(2)15(4)20/h39,41H,4-37H2,1-3H3,(H,46,52)(H,47,53)(H,48,51)(H,54,55);12-13H,5-11H2,1-4H3,(H,18,22). The number of ether oxygens (including phenoxy) is 4. The van der Waals surface area contributed by atoms with Gasteiger partial charge in [0.05, 0.1) is 33.0 Å². The van der Waals surface area contributed by atoms with Crippen molar-refractivity contribution in [1.82, 2.24) is 21.3 Å². The van der Waals surface area contributed by atoms with Gasteiger partial charge < -0.3 is 45.3 Å². The maximum Gasteiger partial charge on any atom is 0.326 e. The average Bonchev–Trinajstić information content (AvgIpc) is 3.42. The van der Waals surface area contributed by atoms with E-state index in [1.54, 1.807) is 6.92 Å². The largest absolute Gasteiger partial charge is 0.480 e. The Labute approximate surface area is 487 Å². The van der Waals surface area contributed by atoms with E-state index in [9.17, 15) is 53.1 Å². The van der Waals surface area contributed by atoms with Crippen LogP contribution in [0.1, 0.15) is 241 Å². The van der Waals surface area contributed by atoms with Gasteiger partial charge in [0.25, 0.3) is 0 Å². The van der Waals surface area contributed by atoms with E-state index in [4.69, 9.17) is 18.9 Å². The first-order chi connectivity index (χ1) is 38.8. The zero-order valence-corrected chi connectivity index (χ0v) is 51.5. The third kappa shape index (κ3) is 54.5. The van der Waals surface area contributed by atoms with Gasteiger partial charge in [-0.3, -0.25) is 43.2 Å². The molecule has 0 spiro atoms. The van der Waals surface area contributed by atoms with Crippen molar-refractivity contribution in [3.05, 3.63) is 0 Å². The molecule has 0 bridgehead atoms. The maximum absolute atomic E-state index is 12.3. The zero-order valence-electron chi connectivity index (χ0n) is 51.5. The molecule has 0 radical (unpaired) electrons. The SMILES string of the molecule is CC(=O)C(C)CCC(=O)CCCNC(=O)CCC(C)C(C)=O.CCCCCCCCCCCCCCCCCC(=O)NC(CCC(=O)CCCOCCOCC(=O)NCCOCCOCC(=O)NCCCCC(CC)C(C)=O)C(=O)O.